The number of thiazole rings is 1. The third kappa shape index (κ3) is 4.25. The summed E-state index contributed by atoms with van der Waals surface area (Å²) in [6.45, 7) is 3.78. The number of nitrogens with zero attached hydrogens (tertiary/aromatic N) is 2. The number of fused-ring (bicyclic) bond motifs is 1. The van der Waals surface area contributed by atoms with Gasteiger partial charge in [-0.15, -0.1) is 11.3 Å². The second kappa shape index (κ2) is 8.69. The Hall–Kier alpha value is -2.15. The van der Waals surface area contributed by atoms with E-state index in [4.69, 9.17) is 21.3 Å². The smallest absolute Gasteiger partial charge is 0.307 e. The number of aliphatic carboxylic acids is 1. The van der Waals surface area contributed by atoms with Crippen molar-refractivity contribution in [3.05, 3.63) is 58.1 Å². The fourth-order valence-corrected chi connectivity index (χ4v) is 5.26. The van der Waals surface area contributed by atoms with Crippen molar-refractivity contribution in [1.29, 1.82) is 0 Å². The minimum Gasteiger partial charge on any atom is -0.494 e. The highest BCUT2D eigenvalue weighted by Gasteiger charge is 2.34. The zero-order chi connectivity index (χ0) is 20.4. The van der Waals surface area contributed by atoms with Gasteiger partial charge in [-0.3, -0.25) is 9.69 Å². The summed E-state index contributed by atoms with van der Waals surface area (Å²) < 4.78 is 7.02. The van der Waals surface area contributed by atoms with Gasteiger partial charge in [-0.1, -0.05) is 23.7 Å². The molecular formula is C22H23ClN2O3S. The van der Waals surface area contributed by atoms with Crippen molar-refractivity contribution in [2.24, 2.45) is 5.92 Å². The highest BCUT2D eigenvalue weighted by molar-refractivity contribution is 7.18. The number of aromatic nitrogens is 1. The van der Waals surface area contributed by atoms with Gasteiger partial charge in [0, 0.05) is 17.1 Å². The first-order chi connectivity index (χ1) is 14.1. The molecule has 4 rings (SSSR count). The number of piperidine rings is 1. The van der Waals surface area contributed by atoms with Crippen molar-refractivity contribution in [1.82, 2.24) is 9.88 Å². The van der Waals surface area contributed by atoms with Crippen LogP contribution in [-0.4, -0.2) is 40.7 Å². The molecule has 1 aromatic heterocycles. The van der Waals surface area contributed by atoms with Crippen molar-refractivity contribution in [3.63, 3.8) is 0 Å². The van der Waals surface area contributed by atoms with Crippen LogP contribution >= 0.6 is 22.9 Å². The van der Waals surface area contributed by atoms with Crippen molar-refractivity contribution in [3.8, 4) is 5.75 Å². The van der Waals surface area contributed by atoms with Crippen LogP contribution in [0.1, 0.15) is 36.4 Å². The molecule has 1 fully saturated rings. The Balaban J connectivity index is 1.83. The number of carbonyl (C=O) groups is 1. The fraction of sp³-hybridized carbons (Fsp3) is 0.364. The summed E-state index contributed by atoms with van der Waals surface area (Å²) in [7, 11) is 0. The molecule has 0 saturated carbocycles. The molecule has 0 amide bonds. The second-order valence-corrected chi connectivity index (χ2v) is 8.71. The highest BCUT2D eigenvalue weighted by atomic mass is 35.5. The van der Waals surface area contributed by atoms with Gasteiger partial charge in [-0.25, -0.2) is 4.98 Å². The molecule has 2 aromatic carbocycles. The Labute approximate surface area is 178 Å². The van der Waals surface area contributed by atoms with Crippen LogP contribution in [0.15, 0.2) is 42.5 Å². The van der Waals surface area contributed by atoms with Crippen LogP contribution in [0.5, 0.6) is 5.75 Å². The minimum absolute atomic E-state index is 0.199. The number of rotatable bonds is 6. The number of likely N-dealkylation sites (tertiary alicyclic amines) is 1. The van der Waals surface area contributed by atoms with E-state index in [0.29, 0.717) is 24.6 Å². The first-order valence-electron chi connectivity index (χ1n) is 9.81. The minimum atomic E-state index is -0.742. The van der Waals surface area contributed by atoms with Gasteiger partial charge in [-0.2, -0.15) is 0 Å². The summed E-state index contributed by atoms with van der Waals surface area (Å²) in [5.74, 6) is -0.358. The number of ether oxygens (including phenoxy) is 1. The van der Waals surface area contributed by atoms with E-state index in [9.17, 15) is 9.90 Å². The van der Waals surface area contributed by atoms with Gasteiger partial charge >= 0.3 is 5.97 Å². The molecule has 0 aliphatic carbocycles. The van der Waals surface area contributed by atoms with E-state index < -0.39 is 5.97 Å². The molecule has 29 heavy (non-hydrogen) atoms. The lowest BCUT2D eigenvalue weighted by atomic mass is 9.94. The van der Waals surface area contributed by atoms with E-state index in [1.807, 2.05) is 43.3 Å². The van der Waals surface area contributed by atoms with Gasteiger partial charge in [0.1, 0.15) is 10.8 Å². The highest BCUT2D eigenvalue weighted by Crippen LogP contribution is 2.41. The van der Waals surface area contributed by atoms with E-state index >= 15 is 0 Å². The maximum absolute atomic E-state index is 11.7. The zero-order valence-electron chi connectivity index (χ0n) is 16.2. The Morgan fingerprint density at radius 3 is 2.97 bits per heavy atom. The van der Waals surface area contributed by atoms with Gasteiger partial charge < -0.3 is 9.84 Å². The molecule has 0 spiro atoms. The van der Waals surface area contributed by atoms with Crippen LogP contribution in [0.4, 0.5) is 0 Å². The predicted octanol–water partition coefficient (Wildman–Crippen LogP) is 5.23. The summed E-state index contributed by atoms with van der Waals surface area (Å²) in [6.07, 6.45) is 1.54. The molecule has 0 bridgehead atoms. The number of para-hydroxylation sites is 1. The van der Waals surface area contributed by atoms with Crippen LogP contribution in [-0.2, 0) is 4.79 Å². The predicted molar refractivity (Wildman–Crippen MR) is 116 cm³/mol. The molecule has 7 heteroatoms. The topological polar surface area (TPSA) is 62.7 Å². The number of benzene rings is 2. The third-order valence-corrected chi connectivity index (χ3v) is 6.60. The van der Waals surface area contributed by atoms with E-state index in [0.717, 1.165) is 39.5 Å². The third-order valence-electron chi connectivity index (χ3n) is 5.28. The average Bonchev–Trinajstić information content (AvgIpc) is 3.14. The summed E-state index contributed by atoms with van der Waals surface area (Å²) in [5, 5.41) is 11.1. The molecule has 1 saturated heterocycles. The van der Waals surface area contributed by atoms with Crippen LogP contribution in [0, 0.1) is 5.92 Å². The zero-order valence-corrected chi connectivity index (χ0v) is 17.7. The van der Waals surface area contributed by atoms with Gasteiger partial charge in [-0.05, 0) is 56.6 Å². The normalized spacial score (nSPS) is 18.6. The molecule has 1 N–H and O–H groups in total. The second-order valence-electron chi connectivity index (χ2n) is 7.21. The van der Waals surface area contributed by atoms with Crippen LogP contribution in [0.2, 0.25) is 5.02 Å². The van der Waals surface area contributed by atoms with Crippen molar-refractivity contribution < 1.29 is 14.6 Å². The number of carboxylic acid groups (broad SMARTS) is 1. The maximum atomic E-state index is 11.7. The molecule has 1 aliphatic heterocycles. The molecule has 2 unspecified atom stereocenters. The molecule has 2 atom stereocenters. The standard InChI is InChI=1S/C22H23ClN2O3S/c1-2-28-18-10-9-15(23)12-16(18)20(25-11-5-6-14(13-25)22(26)27)21-24-17-7-3-4-8-19(17)29-21/h3-4,7-10,12,14,20H,2,5-6,11,13H2,1H3,(H,26,27). The number of halogens is 1. The molecule has 5 nitrogen and oxygen atoms in total. The Morgan fingerprint density at radius 1 is 1.38 bits per heavy atom. The van der Waals surface area contributed by atoms with E-state index in [2.05, 4.69) is 11.0 Å². The summed E-state index contributed by atoms with van der Waals surface area (Å²) in [5.41, 5.74) is 1.88. The molecule has 0 radical (unpaired) electrons. The molecule has 2 heterocycles. The monoisotopic (exact) mass is 430 g/mol. The summed E-state index contributed by atoms with van der Waals surface area (Å²) in [4.78, 5) is 18.8. The SMILES string of the molecule is CCOc1ccc(Cl)cc1C(c1nc2ccccc2s1)N1CCCC(C(=O)O)C1. The van der Waals surface area contributed by atoms with E-state index in [1.165, 1.54) is 0 Å². The van der Waals surface area contributed by atoms with Gasteiger partial charge in [0.05, 0.1) is 28.8 Å². The first kappa shape index (κ1) is 20.1. The molecule has 152 valence electrons. The molecule has 3 aromatic rings. The lowest BCUT2D eigenvalue weighted by Gasteiger charge is -2.36. The lowest BCUT2D eigenvalue weighted by Crippen LogP contribution is -2.41. The quantitative estimate of drug-likeness (QED) is 0.579. The van der Waals surface area contributed by atoms with Crippen molar-refractivity contribution in [2.75, 3.05) is 19.7 Å². The van der Waals surface area contributed by atoms with Crippen LogP contribution < -0.4 is 4.74 Å². The van der Waals surface area contributed by atoms with Crippen molar-refractivity contribution in [2.45, 2.75) is 25.8 Å². The fourth-order valence-electron chi connectivity index (χ4n) is 3.96. The molecular weight excluding hydrogens is 408 g/mol. The van der Waals surface area contributed by atoms with Crippen LogP contribution in [0.3, 0.4) is 0 Å². The first-order valence-corrected chi connectivity index (χ1v) is 11.0. The lowest BCUT2D eigenvalue weighted by molar-refractivity contribution is -0.143. The Morgan fingerprint density at radius 2 is 2.21 bits per heavy atom. The summed E-state index contributed by atoms with van der Waals surface area (Å²) >= 11 is 8.00. The number of hydrogen-bond acceptors (Lipinski definition) is 5. The van der Waals surface area contributed by atoms with Gasteiger partial charge in [0.15, 0.2) is 0 Å². The van der Waals surface area contributed by atoms with Gasteiger partial charge in [0.2, 0.25) is 0 Å². The average molecular weight is 431 g/mol. The van der Waals surface area contributed by atoms with Crippen LogP contribution in [0.25, 0.3) is 10.2 Å². The summed E-state index contributed by atoms with van der Waals surface area (Å²) in [6, 6.07) is 13.5. The van der Waals surface area contributed by atoms with E-state index in [1.54, 1.807) is 11.3 Å². The maximum Gasteiger partial charge on any atom is 0.307 e. The Bertz CT molecular complexity index is 989. The van der Waals surface area contributed by atoms with Gasteiger partial charge in [0.25, 0.3) is 0 Å². The van der Waals surface area contributed by atoms with E-state index in [-0.39, 0.29) is 12.0 Å². The van der Waals surface area contributed by atoms with Crippen molar-refractivity contribution >= 4 is 39.1 Å². The largest absolute Gasteiger partial charge is 0.494 e. The molecule has 1 aliphatic rings. The number of hydrogen-bond donors (Lipinski definition) is 1. The Kier molecular flexibility index (Phi) is 6.04. The number of carboxylic acids is 1.